The van der Waals surface area contributed by atoms with Crippen molar-refractivity contribution in [1.82, 2.24) is 20.0 Å². The van der Waals surface area contributed by atoms with Crippen molar-refractivity contribution in [2.45, 2.75) is 13.8 Å². The number of nitrogens with one attached hydrogen (secondary N) is 1. The van der Waals surface area contributed by atoms with E-state index in [2.05, 4.69) is 37.3 Å². The van der Waals surface area contributed by atoms with Gasteiger partial charge >= 0.3 is 0 Å². The Morgan fingerprint density at radius 3 is 2.61 bits per heavy atom. The molecule has 1 saturated heterocycles. The van der Waals surface area contributed by atoms with Crippen molar-refractivity contribution in [1.29, 1.82) is 0 Å². The molecule has 1 aliphatic heterocycles. The summed E-state index contributed by atoms with van der Waals surface area (Å²) in [7, 11) is 2.10. The highest BCUT2D eigenvalue weighted by Gasteiger charge is 2.19. The number of likely N-dealkylation sites (N-methyl/N-ethyl adjacent to an activating group) is 1. The molecule has 8 nitrogen and oxygen atoms in total. The van der Waals surface area contributed by atoms with Crippen molar-refractivity contribution in [3.05, 3.63) is 29.3 Å². The summed E-state index contributed by atoms with van der Waals surface area (Å²) in [6, 6.07) is 1.66. The molecule has 1 aliphatic rings. The highest BCUT2D eigenvalue weighted by molar-refractivity contribution is 6.04. The number of aryl methyl sites for hydroxylation is 2. The van der Waals surface area contributed by atoms with Gasteiger partial charge in [0.05, 0.1) is 11.3 Å². The van der Waals surface area contributed by atoms with Crippen LogP contribution in [-0.2, 0) is 0 Å². The van der Waals surface area contributed by atoms with Crippen LogP contribution in [0, 0.1) is 13.8 Å². The van der Waals surface area contributed by atoms with Crippen LogP contribution in [-0.4, -0.2) is 59.2 Å². The Morgan fingerprint density at radius 1 is 1.26 bits per heavy atom. The van der Waals surface area contributed by atoms with Crippen LogP contribution in [0.25, 0.3) is 0 Å². The predicted molar refractivity (Wildman–Crippen MR) is 85.7 cm³/mol. The van der Waals surface area contributed by atoms with Gasteiger partial charge in [-0.05, 0) is 20.9 Å². The molecular weight excluding hydrogens is 296 g/mol. The number of rotatable bonds is 3. The van der Waals surface area contributed by atoms with Crippen LogP contribution in [0.4, 0.5) is 11.8 Å². The van der Waals surface area contributed by atoms with Gasteiger partial charge in [-0.1, -0.05) is 5.16 Å². The van der Waals surface area contributed by atoms with E-state index < -0.39 is 0 Å². The van der Waals surface area contributed by atoms with E-state index in [1.807, 2.05) is 6.92 Å². The van der Waals surface area contributed by atoms with Gasteiger partial charge in [0.15, 0.2) is 5.82 Å². The van der Waals surface area contributed by atoms with E-state index in [1.54, 1.807) is 19.2 Å². The zero-order chi connectivity index (χ0) is 16.4. The predicted octanol–water partition coefficient (Wildman–Crippen LogP) is 1.09. The molecule has 122 valence electrons. The molecule has 1 fully saturated rings. The van der Waals surface area contributed by atoms with Crippen molar-refractivity contribution in [2.75, 3.05) is 43.4 Å². The second-order valence-electron chi connectivity index (χ2n) is 5.74. The molecular formula is C15H20N6O2. The number of amides is 1. The van der Waals surface area contributed by atoms with Gasteiger partial charge in [-0.15, -0.1) is 0 Å². The maximum Gasteiger partial charge on any atom is 0.260 e. The van der Waals surface area contributed by atoms with Crippen LogP contribution in [0.1, 0.15) is 21.8 Å². The highest BCUT2D eigenvalue weighted by atomic mass is 16.5. The van der Waals surface area contributed by atoms with E-state index in [1.165, 1.54) is 0 Å². The number of piperazine rings is 1. The van der Waals surface area contributed by atoms with Crippen LogP contribution in [0.3, 0.4) is 0 Å². The minimum atomic E-state index is -0.291. The molecule has 0 bridgehead atoms. The summed E-state index contributed by atoms with van der Waals surface area (Å²) in [6.45, 7) is 7.32. The number of anilines is 2. The second-order valence-corrected chi connectivity index (χ2v) is 5.74. The summed E-state index contributed by atoms with van der Waals surface area (Å²) < 4.78 is 4.93. The normalized spacial score (nSPS) is 15.7. The fourth-order valence-electron chi connectivity index (χ4n) is 2.45. The summed E-state index contributed by atoms with van der Waals surface area (Å²) >= 11 is 0. The SMILES string of the molecule is Cc1cc(NC(=O)c2cnc(N3CCN(C)CC3)nc2C)no1. The molecule has 0 saturated carbocycles. The number of hydrogen-bond donors (Lipinski definition) is 1. The molecule has 0 radical (unpaired) electrons. The molecule has 23 heavy (non-hydrogen) atoms. The quantitative estimate of drug-likeness (QED) is 0.906. The summed E-state index contributed by atoms with van der Waals surface area (Å²) in [5.41, 5.74) is 1.08. The van der Waals surface area contributed by atoms with Gasteiger partial charge in [-0.3, -0.25) is 4.79 Å². The molecule has 0 unspecified atom stereocenters. The number of carbonyl (C=O) groups excluding carboxylic acids is 1. The zero-order valence-electron chi connectivity index (χ0n) is 13.5. The first-order valence-corrected chi connectivity index (χ1v) is 7.55. The number of hydrogen-bond acceptors (Lipinski definition) is 7. The average Bonchev–Trinajstić information content (AvgIpc) is 2.92. The minimum Gasteiger partial charge on any atom is -0.360 e. The smallest absolute Gasteiger partial charge is 0.260 e. The van der Waals surface area contributed by atoms with E-state index >= 15 is 0 Å². The first-order valence-electron chi connectivity index (χ1n) is 7.55. The zero-order valence-corrected chi connectivity index (χ0v) is 13.5. The standard InChI is InChI=1S/C15H20N6O2/c1-10-8-13(19-23-10)18-14(22)12-9-16-15(17-11(12)2)21-6-4-20(3)5-7-21/h8-9H,4-7H2,1-3H3,(H,18,19,22). The molecule has 3 rings (SSSR count). The lowest BCUT2D eigenvalue weighted by molar-refractivity contribution is 0.102. The van der Waals surface area contributed by atoms with E-state index in [0.717, 1.165) is 26.2 Å². The van der Waals surface area contributed by atoms with Crippen LogP contribution in [0.15, 0.2) is 16.8 Å². The molecule has 2 aromatic rings. The van der Waals surface area contributed by atoms with Crippen LogP contribution < -0.4 is 10.2 Å². The number of aromatic nitrogens is 3. The molecule has 1 N–H and O–H groups in total. The van der Waals surface area contributed by atoms with Crippen molar-refractivity contribution in [2.24, 2.45) is 0 Å². The summed E-state index contributed by atoms with van der Waals surface area (Å²) in [5, 5.41) is 6.43. The number of nitrogens with zero attached hydrogens (tertiary/aromatic N) is 5. The van der Waals surface area contributed by atoms with Gasteiger partial charge in [-0.25, -0.2) is 9.97 Å². The highest BCUT2D eigenvalue weighted by Crippen LogP contribution is 2.15. The topological polar surface area (TPSA) is 87.4 Å². The molecule has 1 amide bonds. The Labute approximate surface area is 134 Å². The van der Waals surface area contributed by atoms with Crippen LogP contribution >= 0.6 is 0 Å². The molecule has 8 heteroatoms. The van der Waals surface area contributed by atoms with Gasteiger partial charge in [0.1, 0.15) is 5.76 Å². The minimum absolute atomic E-state index is 0.291. The third kappa shape index (κ3) is 3.48. The van der Waals surface area contributed by atoms with Crippen LogP contribution in [0.5, 0.6) is 0 Å². The second kappa shape index (κ2) is 6.33. The third-order valence-corrected chi connectivity index (χ3v) is 3.87. The Bertz CT molecular complexity index is 706. The number of carbonyl (C=O) groups is 1. The van der Waals surface area contributed by atoms with Gasteiger partial charge in [0.25, 0.3) is 5.91 Å². The molecule has 0 spiro atoms. The van der Waals surface area contributed by atoms with Gasteiger partial charge in [0.2, 0.25) is 5.95 Å². The Hall–Kier alpha value is -2.48. The molecule has 3 heterocycles. The average molecular weight is 316 g/mol. The van der Waals surface area contributed by atoms with Crippen molar-refractivity contribution in [3.63, 3.8) is 0 Å². The first-order chi connectivity index (χ1) is 11.0. The van der Waals surface area contributed by atoms with Crippen LogP contribution in [0.2, 0.25) is 0 Å². The summed E-state index contributed by atoms with van der Waals surface area (Å²) in [4.78, 5) is 25.5. The van der Waals surface area contributed by atoms with Crippen molar-refractivity contribution < 1.29 is 9.32 Å². The van der Waals surface area contributed by atoms with E-state index in [9.17, 15) is 4.79 Å². The van der Waals surface area contributed by atoms with E-state index in [4.69, 9.17) is 4.52 Å². The molecule has 2 aromatic heterocycles. The lowest BCUT2D eigenvalue weighted by atomic mass is 10.2. The van der Waals surface area contributed by atoms with Crippen molar-refractivity contribution in [3.8, 4) is 0 Å². The van der Waals surface area contributed by atoms with Gasteiger partial charge in [0, 0.05) is 38.4 Å². The maximum absolute atomic E-state index is 12.3. The van der Waals surface area contributed by atoms with Crippen molar-refractivity contribution >= 4 is 17.7 Å². The molecule has 0 atom stereocenters. The summed E-state index contributed by atoms with van der Waals surface area (Å²) in [5.74, 6) is 1.40. The Morgan fingerprint density at radius 2 is 2.00 bits per heavy atom. The monoisotopic (exact) mass is 316 g/mol. The largest absolute Gasteiger partial charge is 0.360 e. The third-order valence-electron chi connectivity index (χ3n) is 3.87. The lowest BCUT2D eigenvalue weighted by Crippen LogP contribution is -2.45. The Balaban J connectivity index is 1.72. The molecule has 0 aliphatic carbocycles. The fourth-order valence-corrected chi connectivity index (χ4v) is 2.45. The first kappa shape index (κ1) is 15.4. The lowest BCUT2D eigenvalue weighted by Gasteiger charge is -2.32. The Kier molecular flexibility index (Phi) is 4.24. The van der Waals surface area contributed by atoms with Gasteiger partial charge in [-0.2, -0.15) is 0 Å². The maximum atomic E-state index is 12.3. The fraction of sp³-hybridized carbons (Fsp3) is 0.467. The van der Waals surface area contributed by atoms with E-state index in [-0.39, 0.29) is 5.91 Å². The van der Waals surface area contributed by atoms with E-state index in [0.29, 0.717) is 28.8 Å². The van der Waals surface area contributed by atoms with Gasteiger partial charge < -0.3 is 19.6 Å². The summed E-state index contributed by atoms with van der Waals surface area (Å²) in [6.07, 6.45) is 1.57. The molecule has 0 aromatic carbocycles.